The van der Waals surface area contributed by atoms with Gasteiger partial charge in [-0.25, -0.2) is 13.6 Å². The fourth-order valence-electron chi connectivity index (χ4n) is 4.24. The lowest BCUT2D eigenvalue weighted by Crippen LogP contribution is -2.48. The summed E-state index contributed by atoms with van der Waals surface area (Å²) in [4.78, 5) is 21.9. The van der Waals surface area contributed by atoms with Crippen molar-refractivity contribution in [3.63, 3.8) is 0 Å². The molecule has 2 aromatic carbocycles. The minimum absolute atomic E-state index is 0.0113. The quantitative estimate of drug-likeness (QED) is 0.550. The molecular weight excluding hydrogens is 422 g/mol. The van der Waals surface area contributed by atoms with Crippen LogP contribution >= 0.6 is 0 Å². The molecular formula is C26H28F2N4O. The van der Waals surface area contributed by atoms with Crippen molar-refractivity contribution in [2.24, 2.45) is 0 Å². The molecule has 2 amide bonds. The molecule has 1 aromatic heterocycles. The number of nitrogens with one attached hydrogen (secondary N) is 1. The van der Waals surface area contributed by atoms with Gasteiger partial charge in [-0.3, -0.25) is 9.88 Å². The van der Waals surface area contributed by atoms with Gasteiger partial charge in [0.05, 0.1) is 17.9 Å². The van der Waals surface area contributed by atoms with Crippen molar-refractivity contribution in [3.8, 4) is 0 Å². The first-order valence-corrected chi connectivity index (χ1v) is 11.2. The summed E-state index contributed by atoms with van der Waals surface area (Å²) in [5.74, 6) is -1.48. The lowest BCUT2D eigenvalue weighted by atomic mass is 10.0. The summed E-state index contributed by atoms with van der Waals surface area (Å²) in [5.41, 5.74) is 2.87. The lowest BCUT2D eigenvalue weighted by molar-refractivity contribution is 0.119. The molecule has 0 bridgehead atoms. The van der Waals surface area contributed by atoms with Crippen molar-refractivity contribution in [3.05, 3.63) is 95.3 Å². The number of nitrogens with zero attached hydrogens (tertiary/aromatic N) is 3. The van der Waals surface area contributed by atoms with Crippen molar-refractivity contribution in [2.45, 2.75) is 38.9 Å². The number of aryl methyl sites for hydroxylation is 1. The maximum Gasteiger partial charge on any atom is 0.322 e. The molecule has 0 atom stereocenters. The highest BCUT2D eigenvalue weighted by molar-refractivity contribution is 5.89. The topological polar surface area (TPSA) is 48.5 Å². The number of aromatic nitrogens is 1. The van der Waals surface area contributed by atoms with E-state index >= 15 is 0 Å². The number of benzene rings is 2. The summed E-state index contributed by atoms with van der Waals surface area (Å²) in [6.07, 6.45) is 1.61. The second kappa shape index (κ2) is 10.5. The number of hydrogen-bond donors (Lipinski definition) is 1. The zero-order valence-corrected chi connectivity index (χ0v) is 18.7. The molecule has 3 aromatic rings. The van der Waals surface area contributed by atoms with Crippen LogP contribution in [-0.4, -0.2) is 39.9 Å². The van der Waals surface area contributed by atoms with E-state index in [1.807, 2.05) is 43.3 Å². The van der Waals surface area contributed by atoms with E-state index in [1.54, 1.807) is 4.90 Å². The zero-order chi connectivity index (χ0) is 23.2. The monoisotopic (exact) mass is 450 g/mol. The number of rotatable bonds is 6. The summed E-state index contributed by atoms with van der Waals surface area (Å²) in [5, 5.41) is 2.62. The van der Waals surface area contributed by atoms with Crippen LogP contribution in [0.3, 0.4) is 0 Å². The first-order valence-electron chi connectivity index (χ1n) is 11.2. The van der Waals surface area contributed by atoms with Gasteiger partial charge >= 0.3 is 6.03 Å². The van der Waals surface area contributed by atoms with E-state index in [1.165, 1.54) is 11.6 Å². The molecule has 0 spiro atoms. The molecule has 1 N–H and O–H groups in total. The molecule has 0 saturated carbocycles. The third kappa shape index (κ3) is 6.14. The Morgan fingerprint density at radius 3 is 2.52 bits per heavy atom. The molecule has 0 aliphatic carbocycles. The number of amides is 2. The van der Waals surface area contributed by atoms with Gasteiger partial charge in [0.25, 0.3) is 0 Å². The van der Waals surface area contributed by atoms with E-state index in [2.05, 4.69) is 27.3 Å². The minimum Gasteiger partial charge on any atom is -0.316 e. The van der Waals surface area contributed by atoms with Gasteiger partial charge in [0.15, 0.2) is 0 Å². The Hall–Kier alpha value is -3.32. The number of carbonyl (C=O) groups excluding carboxylic acids is 1. The van der Waals surface area contributed by atoms with Crippen LogP contribution < -0.4 is 5.32 Å². The molecule has 2 heterocycles. The van der Waals surface area contributed by atoms with E-state index < -0.39 is 17.7 Å². The van der Waals surface area contributed by atoms with Crippen molar-refractivity contribution < 1.29 is 13.6 Å². The number of hydrogen-bond acceptors (Lipinski definition) is 3. The highest BCUT2D eigenvalue weighted by atomic mass is 19.1. The number of anilines is 1. The maximum absolute atomic E-state index is 14.2. The highest BCUT2D eigenvalue weighted by Gasteiger charge is 2.29. The molecule has 1 aliphatic heterocycles. The fourth-order valence-corrected chi connectivity index (χ4v) is 4.24. The van der Waals surface area contributed by atoms with Gasteiger partial charge in [0.2, 0.25) is 0 Å². The fraction of sp³-hybridized carbons (Fsp3) is 0.308. The SMILES string of the molecule is Cc1cccc(CN(C(=O)Nc2ccc(F)cc2F)C2CCN(Cc3ccccc3)CC2)n1. The maximum atomic E-state index is 14.2. The van der Waals surface area contributed by atoms with Gasteiger partial charge in [-0.05, 0) is 49.6 Å². The van der Waals surface area contributed by atoms with Crippen molar-refractivity contribution >= 4 is 11.7 Å². The van der Waals surface area contributed by atoms with Crippen LogP contribution in [0.4, 0.5) is 19.3 Å². The number of carbonyl (C=O) groups is 1. The van der Waals surface area contributed by atoms with Crippen LogP contribution in [0, 0.1) is 18.6 Å². The van der Waals surface area contributed by atoms with Crippen molar-refractivity contribution in [1.82, 2.24) is 14.8 Å². The van der Waals surface area contributed by atoms with Crippen LogP contribution in [-0.2, 0) is 13.1 Å². The predicted octanol–water partition coefficient (Wildman–Crippen LogP) is 5.37. The average Bonchev–Trinajstić information content (AvgIpc) is 2.81. The smallest absolute Gasteiger partial charge is 0.316 e. The van der Waals surface area contributed by atoms with E-state index in [0.29, 0.717) is 6.54 Å². The van der Waals surface area contributed by atoms with Gasteiger partial charge in [-0.15, -0.1) is 0 Å². The summed E-state index contributed by atoms with van der Waals surface area (Å²) < 4.78 is 27.4. The van der Waals surface area contributed by atoms with E-state index in [0.717, 1.165) is 56.0 Å². The second-order valence-corrected chi connectivity index (χ2v) is 8.45. The van der Waals surface area contributed by atoms with Gasteiger partial charge in [-0.2, -0.15) is 0 Å². The molecule has 5 nitrogen and oxygen atoms in total. The molecule has 0 radical (unpaired) electrons. The molecule has 172 valence electrons. The molecule has 33 heavy (non-hydrogen) atoms. The number of piperidine rings is 1. The van der Waals surface area contributed by atoms with Crippen LogP contribution in [0.1, 0.15) is 29.8 Å². The third-order valence-electron chi connectivity index (χ3n) is 5.96. The minimum atomic E-state index is -0.797. The first-order chi connectivity index (χ1) is 16.0. The number of urea groups is 1. The average molecular weight is 451 g/mol. The highest BCUT2D eigenvalue weighted by Crippen LogP contribution is 2.23. The van der Waals surface area contributed by atoms with Crippen molar-refractivity contribution in [1.29, 1.82) is 0 Å². The van der Waals surface area contributed by atoms with Crippen LogP contribution in [0.15, 0.2) is 66.7 Å². The van der Waals surface area contributed by atoms with E-state index in [-0.39, 0.29) is 11.7 Å². The molecule has 7 heteroatoms. The lowest BCUT2D eigenvalue weighted by Gasteiger charge is -2.38. The second-order valence-electron chi connectivity index (χ2n) is 8.45. The summed E-state index contributed by atoms with van der Waals surface area (Å²) >= 11 is 0. The van der Waals surface area contributed by atoms with Gasteiger partial charge in [-0.1, -0.05) is 36.4 Å². The Balaban J connectivity index is 1.47. The molecule has 1 saturated heterocycles. The van der Waals surface area contributed by atoms with E-state index in [9.17, 15) is 13.6 Å². The first kappa shape index (κ1) is 22.9. The third-order valence-corrected chi connectivity index (χ3v) is 5.96. The van der Waals surface area contributed by atoms with Gasteiger partial charge in [0, 0.05) is 37.4 Å². The Kier molecular flexibility index (Phi) is 7.29. The number of halogens is 2. The zero-order valence-electron chi connectivity index (χ0n) is 18.7. The molecule has 4 rings (SSSR count). The summed E-state index contributed by atoms with van der Waals surface area (Å²) in [6, 6.07) is 18.7. The molecule has 1 aliphatic rings. The van der Waals surface area contributed by atoms with E-state index in [4.69, 9.17) is 0 Å². The number of pyridine rings is 1. The normalized spacial score (nSPS) is 14.8. The Bertz CT molecular complexity index is 1080. The summed E-state index contributed by atoms with van der Waals surface area (Å²) in [7, 11) is 0. The summed E-state index contributed by atoms with van der Waals surface area (Å²) in [6.45, 7) is 4.81. The van der Waals surface area contributed by atoms with Crippen LogP contribution in [0.5, 0.6) is 0 Å². The van der Waals surface area contributed by atoms with Gasteiger partial charge in [0.1, 0.15) is 11.6 Å². The molecule has 0 unspecified atom stereocenters. The van der Waals surface area contributed by atoms with Crippen LogP contribution in [0.25, 0.3) is 0 Å². The largest absolute Gasteiger partial charge is 0.322 e. The molecule has 1 fully saturated rings. The Morgan fingerprint density at radius 2 is 1.82 bits per heavy atom. The predicted molar refractivity (Wildman–Crippen MR) is 125 cm³/mol. The van der Waals surface area contributed by atoms with Crippen LogP contribution in [0.2, 0.25) is 0 Å². The standard InChI is InChI=1S/C26H28F2N4O/c1-19-6-5-9-22(29-19)18-32(26(33)30-25-11-10-21(27)16-24(25)28)23-12-14-31(15-13-23)17-20-7-3-2-4-8-20/h2-11,16,23H,12-15,17-18H2,1H3,(H,30,33). The number of likely N-dealkylation sites (tertiary alicyclic amines) is 1. The Labute approximate surface area is 193 Å². The Morgan fingerprint density at radius 1 is 1.06 bits per heavy atom. The van der Waals surface area contributed by atoms with Gasteiger partial charge < -0.3 is 10.2 Å². The van der Waals surface area contributed by atoms with Crippen molar-refractivity contribution in [2.75, 3.05) is 18.4 Å².